The Kier molecular flexibility index (Phi) is 3.66. The van der Waals surface area contributed by atoms with E-state index in [4.69, 9.17) is 4.74 Å². The van der Waals surface area contributed by atoms with E-state index < -0.39 is 0 Å². The number of esters is 1. The standard InChI is InChI=1S/C19H24O4/c1-18(2)13-8-9-19(18,3)16(11-13)23-17(22)7-5-12-4-6-14(20)15(21)10-12/h4-7,10,13,16,20-21H,8-9,11H2,1-3H3/t13-,16+,19+/m1/s1. The number of ether oxygens (including phenoxy) is 1. The van der Waals surface area contributed by atoms with Crippen molar-refractivity contribution in [3.8, 4) is 11.5 Å². The Morgan fingerprint density at radius 1 is 1.26 bits per heavy atom. The van der Waals surface area contributed by atoms with Crippen molar-refractivity contribution < 1.29 is 19.7 Å². The van der Waals surface area contributed by atoms with Crippen molar-refractivity contribution in [2.75, 3.05) is 0 Å². The summed E-state index contributed by atoms with van der Waals surface area (Å²) in [6.45, 7) is 6.81. The molecule has 0 aromatic heterocycles. The van der Waals surface area contributed by atoms with Crippen LogP contribution in [0.2, 0.25) is 0 Å². The maximum Gasteiger partial charge on any atom is 0.331 e. The van der Waals surface area contributed by atoms with Gasteiger partial charge in [0.15, 0.2) is 11.5 Å². The summed E-state index contributed by atoms with van der Waals surface area (Å²) in [5.74, 6) is -0.111. The highest BCUT2D eigenvalue weighted by Crippen LogP contribution is 2.66. The molecule has 0 aliphatic heterocycles. The van der Waals surface area contributed by atoms with Gasteiger partial charge in [-0.3, -0.25) is 0 Å². The van der Waals surface area contributed by atoms with Gasteiger partial charge in [-0.1, -0.05) is 26.8 Å². The van der Waals surface area contributed by atoms with Gasteiger partial charge in [-0.15, -0.1) is 0 Å². The van der Waals surface area contributed by atoms with E-state index in [0.717, 1.165) is 12.8 Å². The number of hydrogen-bond donors (Lipinski definition) is 2. The number of phenolic OH excluding ortho intramolecular Hbond substituents is 2. The maximum atomic E-state index is 12.1. The quantitative estimate of drug-likeness (QED) is 0.505. The van der Waals surface area contributed by atoms with Crippen LogP contribution in [0.25, 0.3) is 6.08 Å². The third-order valence-electron chi connectivity index (χ3n) is 6.38. The molecule has 2 fully saturated rings. The summed E-state index contributed by atoms with van der Waals surface area (Å²) >= 11 is 0. The molecule has 23 heavy (non-hydrogen) atoms. The van der Waals surface area contributed by atoms with Crippen molar-refractivity contribution >= 4 is 12.0 Å². The molecule has 1 aromatic rings. The summed E-state index contributed by atoms with van der Waals surface area (Å²) in [5.41, 5.74) is 0.902. The first kappa shape index (κ1) is 15.9. The molecule has 0 spiro atoms. The third-order valence-corrected chi connectivity index (χ3v) is 6.38. The van der Waals surface area contributed by atoms with E-state index in [1.807, 2.05) is 0 Å². The highest BCUT2D eigenvalue weighted by molar-refractivity contribution is 5.87. The molecule has 0 saturated heterocycles. The van der Waals surface area contributed by atoms with Gasteiger partial charge in [-0.25, -0.2) is 4.79 Å². The zero-order valence-electron chi connectivity index (χ0n) is 13.9. The van der Waals surface area contributed by atoms with Crippen molar-refractivity contribution in [3.63, 3.8) is 0 Å². The fourth-order valence-electron chi connectivity index (χ4n) is 4.30. The molecule has 0 radical (unpaired) electrons. The highest BCUT2D eigenvalue weighted by atomic mass is 16.5. The lowest BCUT2D eigenvalue weighted by Gasteiger charge is -2.38. The molecular weight excluding hydrogens is 292 g/mol. The van der Waals surface area contributed by atoms with Gasteiger partial charge in [0.05, 0.1) is 0 Å². The number of carbonyl (C=O) groups excluding carboxylic acids is 1. The maximum absolute atomic E-state index is 12.1. The van der Waals surface area contributed by atoms with Crippen LogP contribution in [0.3, 0.4) is 0 Å². The second kappa shape index (κ2) is 5.29. The Morgan fingerprint density at radius 2 is 2.00 bits per heavy atom. The number of carbonyl (C=O) groups is 1. The van der Waals surface area contributed by atoms with Crippen LogP contribution in [0, 0.1) is 16.7 Å². The van der Waals surface area contributed by atoms with Crippen LogP contribution in [-0.2, 0) is 9.53 Å². The number of benzene rings is 1. The Morgan fingerprint density at radius 3 is 2.57 bits per heavy atom. The molecule has 0 unspecified atom stereocenters. The Hall–Kier alpha value is -1.97. The number of phenols is 2. The first-order chi connectivity index (χ1) is 10.7. The van der Waals surface area contributed by atoms with E-state index >= 15 is 0 Å². The molecule has 3 atom stereocenters. The van der Waals surface area contributed by atoms with Gasteiger partial charge in [0.25, 0.3) is 0 Å². The molecule has 0 heterocycles. The minimum atomic E-state index is -0.355. The molecule has 3 rings (SSSR count). The molecule has 2 bridgehead atoms. The van der Waals surface area contributed by atoms with Crippen molar-refractivity contribution in [2.24, 2.45) is 16.7 Å². The van der Waals surface area contributed by atoms with Gasteiger partial charge in [0.2, 0.25) is 0 Å². The molecule has 124 valence electrons. The minimum absolute atomic E-state index is 0.0263. The Labute approximate surface area is 136 Å². The average Bonchev–Trinajstić information content (AvgIpc) is 2.82. The molecule has 2 aliphatic carbocycles. The van der Waals surface area contributed by atoms with Gasteiger partial charge in [0, 0.05) is 11.5 Å². The van der Waals surface area contributed by atoms with E-state index in [2.05, 4.69) is 20.8 Å². The zero-order chi connectivity index (χ0) is 16.8. The van der Waals surface area contributed by atoms with E-state index in [1.165, 1.54) is 24.6 Å². The van der Waals surface area contributed by atoms with Crippen LogP contribution in [-0.4, -0.2) is 22.3 Å². The molecule has 2 N–H and O–H groups in total. The second-order valence-corrected chi connectivity index (χ2v) is 7.62. The van der Waals surface area contributed by atoms with Crippen LogP contribution < -0.4 is 0 Å². The summed E-state index contributed by atoms with van der Waals surface area (Å²) in [6.07, 6.45) is 6.22. The normalized spacial score (nSPS) is 31.6. The zero-order valence-corrected chi connectivity index (χ0v) is 13.9. The fourth-order valence-corrected chi connectivity index (χ4v) is 4.30. The monoisotopic (exact) mass is 316 g/mol. The molecule has 1 aromatic carbocycles. The predicted molar refractivity (Wildman–Crippen MR) is 87.9 cm³/mol. The molecule has 2 aliphatic rings. The molecular formula is C19H24O4. The third kappa shape index (κ3) is 2.50. The van der Waals surface area contributed by atoms with E-state index in [1.54, 1.807) is 12.1 Å². The van der Waals surface area contributed by atoms with Crippen LogP contribution >= 0.6 is 0 Å². The smallest absolute Gasteiger partial charge is 0.331 e. The minimum Gasteiger partial charge on any atom is -0.504 e. The second-order valence-electron chi connectivity index (χ2n) is 7.62. The van der Waals surface area contributed by atoms with Crippen LogP contribution in [0.15, 0.2) is 24.3 Å². The molecule has 0 amide bonds. The number of aromatic hydroxyl groups is 2. The summed E-state index contributed by atoms with van der Waals surface area (Å²) in [5, 5.41) is 18.7. The number of fused-ring (bicyclic) bond motifs is 2. The highest BCUT2D eigenvalue weighted by Gasteiger charge is 2.62. The average molecular weight is 316 g/mol. The van der Waals surface area contributed by atoms with Crippen LogP contribution in [0.1, 0.15) is 45.6 Å². The number of rotatable bonds is 3. The molecule has 4 nitrogen and oxygen atoms in total. The Bertz CT molecular complexity index is 661. The lowest BCUT2D eigenvalue weighted by molar-refractivity contribution is -0.150. The lowest BCUT2D eigenvalue weighted by atomic mass is 9.70. The first-order valence-corrected chi connectivity index (χ1v) is 8.15. The van der Waals surface area contributed by atoms with E-state index in [0.29, 0.717) is 11.5 Å². The Balaban J connectivity index is 1.66. The summed E-state index contributed by atoms with van der Waals surface area (Å²) in [6, 6.07) is 4.42. The van der Waals surface area contributed by atoms with E-state index in [9.17, 15) is 15.0 Å². The van der Waals surface area contributed by atoms with Gasteiger partial charge in [-0.05, 0) is 54.4 Å². The molecule has 2 saturated carbocycles. The van der Waals surface area contributed by atoms with Gasteiger partial charge in [0.1, 0.15) is 6.10 Å². The topological polar surface area (TPSA) is 66.8 Å². The van der Waals surface area contributed by atoms with Crippen LogP contribution in [0.4, 0.5) is 0 Å². The van der Waals surface area contributed by atoms with Crippen molar-refractivity contribution in [3.05, 3.63) is 29.8 Å². The summed E-state index contributed by atoms with van der Waals surface area (Å²) in [7, 11) is 0. The summed E-state index contributed by atoms with van der Waals surface area (Å²) < 4.78 is 5.72. The van der Waals surface area contributed by atoms with Crippen LogP contribution in [0.5, 0.6) is 11.5 Å². The largest absolute Gasteiger partial charge is 0.504 e. The van der Waals surface area contributed by atoms with Crippen molar-refractivity contribution in [1.29, 1.82) is 0 Å². The lowest BCUT2D eigenvalue weighted by Crippen LogP contribution is -2.38. The SMILES string of the molecule is CC1(C)[C@@H]2CC[C@@]1(C)[C@@H](OC(=O)C=Cc1ccc(O)c(O)c1)C2. The fraction of sp³-hybridized carbons (Fsp3) is 0.526. The summed E-state index contributed by atoms with van der Waals surface area (Å²) in [4.78, 5) is 12.1. The van der Waals surface area contributed by atoms with Crippen molar-refractivity contribution in [2.45, 2.75) is 46.1 Å². The number of hydrogen-bond acceptors (Lipinski definition) is 4. The predicted octanol–water partition coefficient (Wildman–Crippen LogP) is 3.87. The molecule has 4 heteroatoms. The van der Waals surface area contributed by atoms with Gasteiger partial charge < -0.3 is 14.9 Å². The first-order valence-electron chi connectivity index (χ1n) is 8.15. The van der Waals surface area contributed by atoms with Gasteiger partial charge in [-0.2, -0.15) is 0 Å². The van der Waals surface area contributed by atoms with E-state index in [-0.39, 0.29) is 34.4 Å². The van der Waals surface area contributed by atoms with Crippen molar-refractivity contribution in [1.82, 2.24) is 0 Å². The van der Waals surface area contributed by atoms with Gasteiger partial charge >= 0.3 is 5.97 Å².